The van der Waals surface area contributed by atoms with Gasteiger partial charge in [0.2, 0.25) is 0 Å². The standard InChI is InChI=1S/C41H33N3/c1-30-15-9-11-21-36(30)40-38-23-13-14-24-39(38)41(37-22-12-10-16-31(37)2)44(40)42-29-32-25-27-35(28-26-32)43(33-17-5-3-6-18-33)34-19-7-4-8-20-34/h3-29H,1-2H3. The second-order valence-electron chi connectivity index (χ2n) is 11.0. The quantitative estimate of drug-likeness (QED) is 0.175. The van der Waals surface area contributed by atoms with Crippen LogP contribution in [0.3, 0.4) is 0 Å². The van der Waals surface area contributed by atoms with E-state index < -0.39 is 0 Å². The topological polar surface area (TPSA) is 20.5 Å². The summed E-state index contributed by atoms with van der Waals surface area (Å²) < 4.78 is 2.14. The first-order valence-corrected chi connectivity index (χ1v) is 15.0. The van der Waals surface area contributed by atoms with Crippen molar-refractivity contribution in [3.8, 4) is 22.5 Å². The van der Waals surface area contributed by atoms with Crippen LogP contribution in [0.15, 0.2) is 163 Å². The van der Waals surface area contributed by atoms with Gasteiger partial charge in [-0.3, -0.25) is 0 Å². The fraction of sp³-hybridized carbons (Fsp3) is 0.0488. The third-order valence-electron chi connectivity index (χ3n) is 8.16. The van der Waals surface area contributed by atoms with E-state index >= 15 is 0 Å². The SMILES string of the molecule is Cc1ccccc1-c1c2ccccc2c(-c2ccccc2C)n1N=Cc1ccc(N(c2ccccc2)c2ccccc2)cc1. The fourth-order valence-electron chi connectivity index (χ4n) is 5.98. The van der Waals surface area contributed by atoms with Crippen LogP contribution in [-0.4, -0.2) is 10.9 Å². The summed E-state index contributed by atoms with van der Waals surface area (Å²) in [6.45, 7) is 4.34. The highest BCUT2D eigenvalue weighted by Gasteiger charge is 2.21. The zero-order valence-corrected chi connectivity index (χ0v) is 24.9. The molecule has 44 heavy (non-hydrogen) atoms. The van der Waals surface area contributed by atoms with Crippen molar-refractivity contribution in [2.75, 3.05) is 4.90 Å². The molecule has 0 aliphatic carbocycles. The molecule has 3 heteroatoms. The van der Waals surface area contributed by atoms with Gasteiger partial charge in [0.1, 0.15) is 0 Å². The highest BCUT2D eigenvalue weighted by atomic mass is 15.4. The predicted octanol–water partition coefficient (Wildman–Crippen LogP) is 10.9. The maximum atomic E-state index is 5.22. The first kappa shape index (κ1) is 27.2. The minimum atomic E-state index is 1.03. The van der Waals surface area contributed by atoms with E-state index in [9.17, 15) is 0 Å². The lowest BCUT2D eigenvalue weighted by molar-refractivity contribution is 0.915. The first-order chi connectivity index (χ1) is 21.7. The maximum Gasteiger partial charge on any atom is 0.0807 e. The van der Waals surface area contributed by atoms with Crippen molar-refractivity contribution in [3.63, 3.8) is 0 Å². The summed E-state index contributed by atoms with van der Waals surface area (Å²) in [5.41, 5.74) is 11.3. The number of para-hydroxylation sites is 2. The summed E-state index contributed by atoms with van der Waals surface area (Å²) >= 11 is 0. The Bertz CT molecular complexity index is 1950. The molecule has 7 aromatic rings. The second kappa shape index (κ2) is 11.9. The van der Waals surface area contributed by atoms with E-state index in [0.717, 1.165) is 34.0 Å². The summed E-state index contributed by atoms with van der Waals surface area (Å²) in [5, 5.41) is 7.60. The van der Waals surface area contributed by atoms with Crippen molar-refractivity contribution >= 4 is 34.0 Å². The van der Waals surface area contributed by atoms with Gasteiger partial charge >= 0.3 is 0 Å². The molecule has 1 heterocycles. The summed E-state index contributed by atoms with van der Waals surface area (Å²) in [7, 11) is 0. The van der Waals surface area contributed by atoms with Gasteiger partial charge in [0.25, 0.3) is 0 Å². The number of nitrogens with zero attached hydrogens (tertiary/aromatic N) is 3. The van der Waals surface area contributed by atoms with Crippen LogP contribution < -0.4 is 4.90 Å². The number of hydrogen-bond acceptors (Lipinski definition) is 2. The van der Waals surface area contributed by atoms with Gasteiger partial charge in [-0.05, 0) is 66.9 Å². The highest BCUT2D eigenvalue weighted by Crippen LogP contribution is 2.41. The van der Waals surface area contributed by atoms with Crippen LogP contribution in [0.1, 0.15) is 16.7 Å². The minimum Gasteiger partial charge on any atom is -0.311 e. The van der Waals surface area contributed by atoms with E-state index in [0.29, 0.717) is 0 Å². The average molecular weight is 568 g/mol. The van der Waals surface area contributed by atoms with Crippen molar-refractivity contribution < 1.29 is 0 Å². The Balaban J connectivity index is 1.36. The van der Waals surface area contributed by atoms with E-state index in [1.165, 1.54) is 33.0 Å². The van der Waals surface area contributed by atoms with E-state index in [2.05, 4.69) is 169 Å². The molecule has 212 valence electrons. The van der Waals surface area contributed by atoms with Gasteiger partial charge in [0, 0.05) is 39.0 Å². The number of aromatic nitrogens is 1. The predicted molar refractivity (Wildman–Crippen MR) is 186 cm³/mol. The van der Waals surface area contributed by atoms with Crippen LogP contribution in [0.5, 0.6) is 0 Å². The molecular formula is C41H33N3. The molecule has 7 rings (SSSR count). The molecule has 0 amide bonds. The molecule has 0 bridgehead atoms. The Kier molecular flexibility index (Phi) is 7.35. The Morgan fingerprint density at radius 1 is 0.455 bits per heavy atom. The van der Waals surface area contributed by atoms with Gasteiger partial charge in [-0.2, -0.15) is 5.10 Å². The van der Waals surface area contributed by atoms with Gasteiger partial charge in [-0.15, -0.1) is 0 Å². The molecule has 1 aromatic heterocycles. The molecule has 0 N–H and O–H groups in total. The zero-order valence-electron chi connectivity index (χ0n) is 24.9. The Labute approximate surface area is 259 Å². The fourth-order valence-corrected chi connectivity index (χ4v) is 5.98. The average Bonchev–Trinajstić information content (AvgIpc) is 3.39. The number of benzene rings is 6. The number of aryl methyl sites for hydroxylation is 2. The van der Waals surface area contributed by atoms with Crippen LogP contribution in [0.25, 0.3) is 33.3 Å². The number of anilines is 3. The van der Waals surface area contributed by atoms with Crippen molar-refractivity contribution in [2.45, 2.75) is 13.8 Å². The van der Waals surface area contributed by atoms with Gasteiger partial charge in [0.15, 0.2) is 0 Å². The lowest BCUT2D eigenvalue weighted by Gasteiger charge is -2.25. The van der Waals surface area contributed by atoms with E-state index in [-0.39, 0.29) is 0 Å². The minimum absolute atomic E-state index is 1.03. The smallest absolute Gasteiger partial charge is 0.0807 e. The Hall–Kier alpha value is -5.67. The molecule has 6 aromatic carbocycles. The van der Waals surface area contributed by atoms with Crippen molar-refractivity contribution in [3.05, 3.63) is 174 Å². The highest BCUT2D eigenvalue weighted by molar-refractivity contribution is 6.06. The van der Waals surface area contributed by atoms with Crippen molar-refractivity contribution in [2.24, 2.45) is 5.10 Å². The largest absolute Gasteiger partial charge is 0.311 e. The molecule has 0 aliphatic heterocycles. The molecule has 0 unspecified atom stereocenters. The maximum absolute atomic E-state index is 5.22. The van der Waals surface area contributed by atoms with Gasteiger partial charge in [-0.1, -0.05) is 121 Å². The van der Waals surface area contributed by atoms with Gasteiger partial charge in [0.05, 0.1) is 17.6 Å². The molecule has 0 aliphatic rings. The monoisotopic (exact) mass is 567 g/mol. The third kappa shape index (κ3) is 5.10. The van der Waals surface area contributed by atoms with Crippen LogP contribution in [0.4, 0.5) is 17.1 Å². The molecule has 0 saturated carbocycles. The molecule has 3 nitrogen and oxygen atoms in total. The summed E-state index contributed by atoms with van der Waals surface area (Å²) in [6, 6.07) is 55.3. The number of hydrogen-bond donors (Lipinski definition) is 0. The van der Waals surface area contributed by atoms with E-state index in [1.54, 1.807) is 0 Å². The Morgan fingerprint density at radius 2 is 0.864 bits per heavy atom. The van der Waals surface area contributed by atoms with Crippen LogP contribution in [0.2, 0.25) is 0 Å². The summed E-state index contributed by atoms with van der Waals surface area (Å²) in [6.07, 6.45) is 1.97. The van der Waals surface area contributed by atoms with Gasteiger partial charge < -0.3 is 4.90 Å². The normalized spacial score (nSPS) is 11.3. The second-order valence-corrected chi connectivity index (χ2v) is 11.0. The first-order valence-electron chi connectivity index (χ1n) is 15.0. The van der Waals surface area contributed by atoms with E-state index in [1.807, 2.05) is 18.3 Å². The molecule has 0 atom stereocenters. The van der Waals surface area contributed by atoms with Crippen LogP contribution in [-0.2, 0) is 0 Å². The summed E-state index contributed by atoms with van der Waals surface area (Å²) in [4.78, 5) is 2.27. The van der Waals surface area contributed by atoms with Crippen molar-refractivity contribution in [1.29, 1.82) is 0 Å². The summed E-state index contributed by atoms with van der Waals surface area (Å²) in [5.74, 6) is 0. The Morgan fingerprint density at radius 3 is 1.34 bits per heavy atom. The van der Waals surface area contributed by atoms with Gasteiger partial charge in [-0.25, -0.2) is 4.68 Å². The molecular weight excluding hydrogens is 534 g/mol. The van der Waals surface area contributed by atoms with Crippen molar-refractivity contribution in [1.82, 2.24) is 4.68 Å². The molecule has 0 fully saturated rings. The molecule has 0 radical (unpaired) electrons. The zero-order chi connectivity index (χ0) is 29.9. The number of fused-ring (bicyclic) bond motifs is 1. The molecule has 0 spiro atoms. The lowest BCUT2D eigenvalue weighted by Crippen LogP contribution is -2.09. The third-order valence-corrected chi connectivity index (χ3v) is 8.16. The number of rotatable bonds is 7. The lowest BCUT2D eigenvalue weighted by atomic mass is 10.0. The van der Waals surface area contributed by atoms with Crippen LogP contribution >= 0.6 is 0 Å². The van der Waals surface area contributed by atoms with E-state index in [4.69, 9.17) is 5.10 Å². The molecule has 0 saturated heterocycles. The van der Waals surface area contributed by atoms with Crippen LogP contribution in [0, 0.1) is 13.8 Å².